The predicted molar refractivity (Wildman–Crippen MR) is 77.3 cm³/mol. The van der Waals surface area contributed by atoms with Crippen LogP contribution in [0.3, 0.4) is 0 Å². The number of nitrogens with one attached hydrogen (secondary N) is 1. The van der Waals surface area contributed by atoms with Gasteiger partial charge in [0.2, 0.25) is 0 Å². The minimum absolute atomic E-state index is 0.981. The lowest BCUT2D eigenvalue weighted by Gasteiger charge is -1.92. The van der Waals surface area contributed by atoms with Crippen molar-refractivity contribution in [3.8, 4) is 0 Å². The molecule has 4 rings (SSSR count). The zero-order chi connectivity index (χ0) is 11.4. The molecule has 0 aliphatic rings. The molecule has 0 atom stereocenters. The first kappa shape index (κ1) is 9.47. The van der Waals surface area contributed by atoms with Crippen LogP contribution in [0.15, 0.2) is 42.6 Å². The third kappa shape index (κ3) is 1.24. The number of H-pyrrole nitrogens is 1. The van der Waals surface area contributed by atoms with E-state index in [4.69, 9.17) is 0 Å². The van der Waals surface area contributed by atoms with Crippen LogP contribution >= 0.6 is 22.6 Å². The highest BCUT2D eigenvalue weighted by molar-refractivity contribution is 14.1. The van der Waals surface area contributed by atoms with Crippen LogP contribution in [0.2, 0.25) is 0 Å². The van der Waals surface area contributed by atoms with Crippen LogP contribution in [-0.2, 0) is 0 Å². The minimum Gasteiger partial charge on any atom is -0.339 e. The highest BCUT2D eigenvalue weighted by Crippen LogP contribution is 2.26. The van der Waals surface area contributed by atoms with Gasteiger partial charge in [0.15, 0.2) is 0 Å². The maximum absolute atomic E-state index is 4.67. The summed E-state index contributed by atoms with van der Waals surface area (Å²) >= 11 is 2.33. The zero-order valence-corrected chi connectivity index (χ0v) is 11.0. The summed E-state index contributed by atoms with van der Waals surface area (Å²) < 4.78 is 3.32. The monoisotopic (exact) mass is 333 g/mol. The lowest BCUT2D eigenvalue weighted by Crippen LogP contribution is -1.82. The summed E-state index contributed by atoms with van der Waals surface area (Å²) in [4.78, 5) is 8.10. The van der Waals surface area contributed by atoms with E-state index in [1.54, 1.807) is 0 Å². The molecule has 0 saturated heterocycles. The Balaban J connectivity index is 2.30. The molecule has 0 radical (unpaired) electrons. The summed E-state index contributed by atoms with van der Waals surface area (Å²) in [6, 6.07) is 12.4. The Morgan fingerprint density at radius 1 is 1.18 bits per heavy atom. The summed E-state index contributed by atoms with van der Waals surface area (Å²) in [7, 11) is 0. The highest BCUT2D eigenvalue weighted by atomic mass is 127. The maximum Gasteiger partial charge on any atom is 0.143 e. The lowest BCUT2D eigenvalue weighted by molar-refractivity contribution is 1.20. The van der Waals surface area contributed by atoms with Gasteiger partial charge in [-0.3, -0.25) is 4.40 Å². The van der Waals surface area contributed by atoms with Gasteiger partial charge in [-0.25, -0.2) is 4.98 Å². The smallest absolute Gasteiger partial charge is 0.143 e. The zero-order valence-electron chi connectivity index (χ0n) is 8.81. The Kier molecular flexibility index (Phi) is 1.80. The van der Waals surface area contributed by atoms with Gasteiger partial charge in [0.05, 0.1) is 0 Å². The number of rotatable bonds is 0. The van der Waals surface area contributed by atoms with Crippen molar-refractivity contribution in [2.75, 3.05) is 0 Å². The molecule has 0 fully saturated rings. The van der Waals surface area contributed by atoms with Gasteiger partial charge in [-0.15, -0.1) is 0 Å². The molecule has 17 heavy (non-hydrogen) atoms. The second-order valence-electron chi connectivity index (χ2n) is 4.05. The van der Waals surface area contributed by atoms with Crippen LogP contribution < -0.4 is 0 Å². The summed E-state index contributed by atoms with van der Waals surface area (Å²) in [6.45, 7) is 0. The third-order valence-corrected chi connectivity index (χ3v) is 3.69. The summed E-state index contributed by atoms with van der Waals surface area (Å²) in [6.07, 6.45) is 2.03. The van der Waals surface area contributed by atoms with E-state index in [1.807, 2.05) is 24.4 Å². The van der Waals surface area contributed by atoms with Crippen LogP contribution in [-0.4, -0.2) is 14.4 Å². The Labute approximate surface area is 111 Å². The number of aromatic amines is 1. The molecular weight excluding hydrogens is 325 g/mol. The van der Waals surface area contributed by atoms with E-state index in [0.29, 0.717) is 0 Å². The molecule has 3 nitrogen and oxygen atoms in total. The Bertz CT molecular complexity index is 857. The van der Waals surface area contributed by atoms with Crippen LogP contribution in [0.25, 0.3) is 27.7 Å². The van der Waals surface area contributed by atoms with E-state index < -0.39 is 0 Å². The van der Waals surface area contributed by atoms with E-state index in [-0.39, 0.29) is 0 Å². The van der Waals surface area contributed by atoms with E-state index >= 15 is 0 Å². The summed E-state index contributed by atoms with van der Waals surface area (Å²) in [5.74, 6) is 0. The molecular formula is C13H8IN3. The van der Waals surface area contributed by atoms with Gasteiger partial charge in [-0.1, -0.05) is 6.07 Å². The maximum atomic E-state index is 4.67. The van der Waals surface area contributed by atoms with Crippen molar-refractivity contribution < 1.29 is 0 Å². The van der Waals surface area contributed by atoms with Crippen molar-refractivity contribution in [1.82, 2.24) is 14.4 Å². The summed E-state index contributed by atoms with van der Waals surface area (Å²) in [5.41, 5.74) is 4.23. The standard InChI is InChI=1S/C13H8IN3/c14-8-4-5-10-9(7-8)12-13(15-10)17-6-2-1-3-11(17)16-12/h1-7,15H. The van der Waals surface area contributed by atoms with Crippen molar-refractivity contribution >= 4 is 50.3 Å². The van der Waals surface area contributed by atoms with E-state index in [0.717, 1.165) is 22.3 Å². The van der Waals surface area contributed by atoms with Crippen molar-refractivity contribution in [2.24, 2.45) is 0 Å². The Morgan fingerprint density at radius 2 is 2.12 bits per heavy atom. The number of nitrogens with zero attached hydrogens (tertiary/aromatic N) is 2. The molecule has 0 amide bonds. The molecule has 3 heterocycles. The molecule has 82 valence electrons. The van der Waals surface area contributed by atoms with E-state index in [1.165, 1.54) is 8.96 Å². The number of imidazole rings is 1. The topological polar surface area (TPSA) is 33.1 Å². The number of benzene rings is 1. The fourth-order valence-electron chi connectivity index (χ4n) is 2.25. The molecule has 0 aliphatic carbocycles. The predicted octanol–water partition coefficient (Wildman–Crippen LogP) is 3.57. The van der Waals surface area contributed by atoms with Gasteiger partial charge < -0.3 is 4.98 Å². The van der Waals surface area contributed by atoms with Gasteiger partial charge in [-0.2, -0.15) is 0 Å². The van der Waals surface area contributed by atoms with Crippen LogP contribution in [0.5, 0.6) is 0 Å². The van der Waals surface area contributed by atoms with Gasteiger partial charge in [0.1, 0.15) is 16.8 Å². The molecule has 1 aromatic carbocycles. The number of pyridine rings is 1. The molecule has 1 N–H and O–H groups in total. The SMILES string of the molecule is Ic1ccc2[nH]c3c(nc4ccccn43)c2c1. The van der Waals surface area contributed by atoms with Crippen molar-refractivity contribution in [1.29, 1.82) is 0 Å². The first-order valence-corrected chi connectivity index (χ1v) is 6.45. The fourth-order valence-corrected chi connectivity index (χ4v) is 2.74. The molecule has 0 unspecified atom stereocenters. The van der Waals surface area contributed by atoms with Crippen LogP contribution in [0.1, 0.15) is 0 Å². The van der Waals surface area contributed by atoms with E-state index in [2.05, 4.69) is 55.2 Å². The van der Waals surface area contributed by atoms with Crippen molar-refractivity contribution in [3.05, 3.63) is 46.2 Å². The fraction of sp³-hybridized carbons (Fsp3) is 0. The average molecular weight is 333 g/mol. The largest absolute Gasteiger partial charge is 0.339 e. The highest BCUT2D eigenvalue weighted by Gasteiger charge is 2.10. The minimum atomic E-state index is 0.981. The Morgan fingerprint density at radius 3 is 3.06 bits per heavy atom. The molecule has 4 heteroatoms. The number of fused-ring (bicyclic) bond motifs is 5. The molecule has 0 bridgehead atoms. The number of hydrogen-bond acceptors (Lipinski definition) is 1. The molecule has 0 spiro atoms. The normalized spacial score (nSPS) is 11.8. The quantitative estimate of drug-likeness (QED) is 0.490. The first-order chi connectivity index (χ1) is 8.33. The average Bonchev–Trinajstić information content (AvgIpc) is 2.85. The Hall–Kier alpha value is -1.56. The van der Waals surface area contributed by atoms with Crippen LogP contribution in [0, 0.1) is 3.57 Å². The van der Waals surface area contributed by atoms with Gasteiger partial charge in [0, 0.05) is 20.7 Å². The first-order valence-electron chi connectivity index (χ1n) is 5.37. The van der Waals surface area contributed by atoms with Crippen molar-refractivity contribution in [2.45, 2.75) is 0 Å². The third-order valence-electron chi connectivity index (χ3n) is 3.02. The number of aromatic nitrogens is 3. The molecule has 0 aliphatic heterocycles. The molecule has 4 aromatic rings. The lowest BCUT2D eigenvalue weighted by atomic mass is 10.2. The van der Waals surface area contributed by atoms with Gasteiger partial charge in [-0.05, 0) is 52.9 Å². The molecule has 0 saturated carbocycles. The van der Waals surface area contributed by atoms with Crippen LogP contribution in [0.4, 0.5) is 0 Å². The van der Waals surface area contributed by atoms with Crippen molar-refractivity contribution in [3.63, 3.8) is 0 Å². The second kappa shape index (κ2) is 3.22. The van der Waals surface area contributed by atoms with E-state index in [9.17, 15) is 0 Å². The van der Waals surface area contributed by atoms with Gasteiger partial charge in [0.25, 0.3) is 0 Å². The summed E-state index contributed by atoms with van der Waals surface area (Å²) in [5, 5.41) is 1.19. The van der Waals surface area contributed by atoms with Gasteiger partial charge >= 0.3 is 0 Å². The number of hydrogen-bond donors (Lipinski definition) is 1. The second-order valence-corrected chi connectivity index (χ2v) is 5.30. The number of halogens is 1. The molecule has 3 aromatic heterocycles.